The third-order valence-electron chi connectivity index (χ3n) is 5.07. The predicted molar refractivity (Wildman–Crippen MR) is 112 cm³/mol. The minimum atomic E-state index is -0.525. The van der Waals surface area contributed by atoms with Crippen LogP contribution in [0.1, 0.15) is 5.56 Å². The van der Waals surface area contributed by atoms with Gasteiger partial charge in [0.05, 0.1) is 25.4 Å². The number of rotatable bonds is 6. The van der Waals surface area contributed by atoms with Crippen molar-refractivity contribution in [1.29, 1.82) is 0 Å². The Hall–Kier alpha value is -3.23. The maximum atomic E-state index is 12.2. The first-order chi connectivity index (χ1) is 14.6. The molecule has 0 aliphatic carbocycles. The van der Waals surface area contributed by atoms with Crippen molar-refractivity contribution in [1.82, 2.24) is 9.47 Å². The van der Waals surface area contributed by atoms with Crippen molar-refractivity contribution in [2.75, 3.05) is 32.9 Å². The summed E-state index contributed by atoms with van der Waals surface area (Å²) in [4.78, 5) is 14.4. The SMILES string of the molecule is Cc1ccccc1OCC(=O)N=Nc1c(O)n(CN2CCOCC2)c2ccccc12. The second-order valence-corrected chi connectivity index (χ2v) is 7.14. The summed E-state index contributed by atoms with van der Waals surface area (Å²) in [5.41, 5.74) is 2.05. The smallest absolute Gasteiger partial charge is 0.302 e. The molecule has 2 heterocycles. The standard InChI is InChI=1S/C22H24N4O4/c1-16-6-2-5-9-19(16)30-14-20(27)23-24-21-17-7-3-4-8-18(17)26(22(21)28)15-25-10-12-29-13-11-25/h2-9,28H,10-15H2,1H3. The van der Waals surface area contributed by atoms with Crippen LogP contribution in [0.3, 0.4) is 0 Å². The van der Waals surface area contributed by atoms with Crippen molar-refractivity contribution in [3.05, 3.63) is 54.1 Å². The summed E-state index contributed by atoms with van der Waals surface area (Å²) in [6.45, 7) is 5.11. The number of nitrogens with zero attached hydrogens (tertiary/aromatic N) is 4. The van der Waals surface area contributed by atoms with Gasteiger partial charge in [0.15, 0.2) is 12.3 Å². The van der Waals surface area contributed by atoms with Crippen LogP contribution in [-0.2, 0) is 16.2 Å². The molecule has 1 fully saturated rings. The molecule has 1 N–H and O–H groups in total. The number of morpholine rings is 1. The number of para-hydroxylation sites is 2. The van der Waals surface area contributed by atoms with Crippen LogP contribution in [0.5, 0.6) is 11.6 Å². The number of ether oxygens (including phenoxy) is 2. The van der Waals surface area contributed by atoms with Gasteiger partial charge >= 0.3 is 5.91 Å². The lowest BCUT2D eigenvalue weighted by Crippen LogP contribution is -2.37. The lowest BCUT2D eigenvalue weighted by atomic mass is 10.2. The number of aromatic hydroxyl groups is 1. The minimum absolute atomic E-state index is 0.0148. The summed E-state index contributed by atoms with van der Waals surface area (Å²) in [6, 6.07) is 15.0. The largest absolute Gasteiger partial charge is 0.493 e. The number of carbonyl (C=O) groups is 1. The van der Waals surface area contributed by atoms with Crippen LogP contribution in [0, 0.1) is 6.92 Å². The van der Waals surface area contributed by atoms with Gasteiger partial charge < -0.3 is 14.6 Å². The molecule has 8 heteroatoms. The highest BCUT2D eigenvalue weighted by atomic mass is 16.5. The van der Waals surface area contributed by atoms with Crippen LogP contribution in [0.15, 0.2) is 58.8 Å². The third kappa shape index (κ3) is 4.34. The molecule has 1 amide bonds. The molecule has 0 saturated carbocycles. The summed E-state index contributed by atoms with van der Waals surface area (Å²) in [5, 5.41) is 19.4. The number of fused-ring (bicyclic) bond motifs is 1. The maximum Gasteiger partial charge on any atom is 0.302 e. The van der Waals surface area contributed by atoms with Crippen LogP contribution < -0.4 is 4.74 Å². The van der Waals surface area contributed by atoms with E-state index < -0.39 is 5.91 Å². The van der Waals surface area contributed by atoms with E-state index in [4.69, 9.17) is 9.47 Å². The number of amides is 1. The maximum absolute atomic E-state index is 12.2. The van der Waals surface area contributed by atoms with E-state index in [1.165, 1.54) is 0 Å². The van der Waals surface area contributed by atoms with Crippen LogP contribution in [0.4, 0.5) is 5.69 Å². The Morgan fingerprint density at radius 1 is 1.13 bits per heavy atom. The molecule has 30 heavy (non-hydrogen) atoms. The van der Waals surface area contributed by atoms with Crippen LogP contribution >= 0.6 is 0 Å². The van der Waals surface area contributed by atoms with E-state index in [0.717, 1.165) is 29.6 Å². The van der Waals surface area contributed by atoms with E-state index in [1.54, 1.807) is 10.6 Å². The molecule has 0 unspecified atom stereocenters. The topological polar surface area (TPSA) is 88.7 Å². The van der Waals surface area contributed by atoms with Gasteiger partial charge in [-0.25, -0.2) is 0 Å². The summed E-state index contributed by atoms with van der Waals surface area (Å²) >= 11 is 0. The molecule has 2 aromatic carbocycles. The van der Waals surface area contributed by atoms with Crippen molar-refractivity contribution in [2.24, 2.45) is 10.2 Å². The number of aryl methyl sites for hydroxylation is 1. The Balaban J connectivity index is 1.52. The van der Waals surface area contributed by atoms with E-state index in [1.807, 2.05) is 49.4 Å². The van der Waals surface area contributed by atoms with Gasteiger partial charge in [-0.15, -0.1) is 10.2 Å². The highest BCUT2D eigenvalue weighted by molar-refractivity contribution is 5.95. The molecule has 0 bridgehead atoms. The summed E-state index contributed by atoms with van der Waals surface area (Å²) < 4.78 is 12.7. The van der Waals surface area contributed by atoms with E-state index in [-0.39, 0.29) is 18.2 Å². The quantitative estimate of drug-likeness (QED) is 0.629. The van der Waals surface area contributed by atoms with E-state index in [9.17, 15) is 9.90 Å². The summed E-state index contributed by atoms with van der Waals surface area (Å²) in [5.74, 6) is 0.0905. The second kappa shape index (κ2) is 9.06. The van der Waals surface area contributed by atoms with Gasteiger partial charge in [-0.2, -0.15) is 0 Å². The molecule has 0 atom stereocenters. The number of benzene rings is 2. The van der Waals surface area contributed by atoms with Crippen molar-refractivity contribution >= 4 is 22.5 Å². The zero-order chi connectivity index (χ0) is 20.9. The van der Waals surface area contributed by atoms with Gasteiger partial charge in [0.1, 0.15) is 5.75 Å². The monoisotopic (exact) mass is 408 g/mol. The van der Waals surface area contributed by atoms with Gasteiger partial charge in [0, 0.05) is 18.5 Å². The molecule has 3 aromatic rings. The lowest BCUT2D eigenvalue weighted by molar-refractivity contribution is -0.120. The van der Waals surface area contributed by atoms with Gasteiger partial charge in [-0.05, 0) is 24.6 Å². The zero-order valence-electron chi connectivity index (χ0n) is 16.8. The van der Waals surface area contributed by atoms with Crippen molar-refractivity contribution in [3.63, 3.8) is 0 Å². The van der Waals surface area contributed by atoms with Crippen molar-refractivity contribution < 1.29 is 19.4 Å². The molecular formula is C22H24N4O4. The number of azo groups is 1. The fourth-order valence-corrected chi connectivity index (χ4v) is 3.45. The first kappa shape index (κ1) is 20.1. The van der Waals surface area contributed by atoms with Gasteiger partial charge in [0.25, 0.3) is 0 Å². The lowest BCUT2D eigenvalue weighted by Gasteiger charge is -2.27. The predicted octanol–water partition coefficient (Wildman–Crippen LogP) is 3.63. The molecule has 156 valence electrons. The molecule has 0 radical (unpaired) electrons. The Morgan fingerprint density at radius 3 is 2.67 bits per heavy atom. The highest BCUT2D eigenvalue weighted by Gasteiger charge is 2.20. The first-order valence-corrected chi connectivity index (χ1v) is 9.87. The van der Waals surface area contributed by atoms with E-state index in [0.29, 0.717) is 25.6 Å². The fraction of sp³-hybridized carbons (Fsp3) is 0.318. The van der Waals surface area contributed by atoms with Gasteiger partial charge in [0.2, 0.25) is 5.88 Å². The number of carbonyl (C=O) groups excluding carboxylic acids is 1. The van der Waals surface area contributed by atoms with Gasteiger partial charge in [-0.1, -0.05) is 36.4 Å². The first-order valence-electron chi connectivity index (χ1n) is 9.87. The normalized spacial score (nSPS) is 15.1. The van der Waals surface area contributed by atoms with E-state index in [2.05, 4.69) is 15.1 Å². The molecular weight excluding hydrogens is 384 g/mol. The number of hydrogen-bond donors (Lipinski definition) is 1. The molecule has 1 saturated heterocycles. The molecule has 4 rings (SSSR count). The van der Waals surface area contributed by atoms with Crippen molar-refractivity contribution in [2.45, 2.75) is 13.6 Å². The number of hydrogen-bond acceptors (Lipinski definition) is 6. The molecule has 0 spiro atoms. The fourth-order valence-electron chi connectivity index (χ4n) is 3.45. The van der Waals surface area contributed by atoms with Crippen LogP contribution in [0.2, 0.25) is 0 Å². The third-order valence-corrected chi connectivity index (χ3v) is 5.07. The Bertz CT molecular complexity index is 1070. The molecule has 1 aliphatic heterocycles. The van der Waals surface area contributed by atoms with E-state index >= 15 is 0 Å². The molecule has 1 aromatic heterocycles. The summed E-state index contributed by atoms with van der Waals surface area (Å²) in [6.07, 6.45) is 0. The zero-order valence-corrected chi connectivity index (χ0v) is 16.8. The average molecular weight is 408 g/mol. The molecule has 1 aliphatic rings. The highest BCUT2D eigenvalue weighted by Crippen LogP contribution is 2.39. The van der Waals surface area contributed by atoms with Crippen LogP contribution in [0.25, 0.3) is 10.9 Å². The number of aromatic nitrogens is 1. The van der Waals surface area contributed by atoms with Crippen molar-refractivity contribution in [3.8, 4) is 11.6 Å². The Kier molecular flexibility index (Phi) is 6.06. The van der Waals surface area contributed by atoms with Gasteiger partial charge in [-0.3, -0.25) is 14.3 Å². The summed E-state index contributed by atoms with van der Waals surface area (Å²) in [7, 11) is 0. The minimum Gasteiger partial charge on any atom is -0.493 e. The van der Waals surface area contributed by atoms with Crippen LogP contribution in [-0.4, -0.2) is 53.4 Å². The Labute approximate surface area is 174 Å². The second-order valence-electron chi connectivity index (χ2n) is 7.14. The molecule has 8 nitrogen and oxygen atoms in total. The average Bonchev–Trinajstić information content (AvgIpc) is 3.03. The Morgan fingerprint density at radius 2 is 1.87 bits per heavy atom.